The number of ether oxygens (including phenoxy) is 1. The Labute approximate surface area is 131 Å². The number of hydrogen-bond donors (Lipinski definition) is 1. The molecular weight excluding hydrogens is 333 g/mol. The van der Waals surface area contributed by atoms with Crippen LogP contribution in [0.4, 0.5) is 4.39 Å². The molecule has 0 heterocycles. The summed E-state index contributed by atoms with van der Waals surface area (Å²) in [5.41, 5.74) is -0.138. The summed E-state index contributed by atoms with van der Waals surface area (Å²) in [6, 6.07) is 9.76. The molecule has 22 heavy (non-hydrogen) atoms. The number of carbonyl (C=O) groups excluding carboxylic acids is 1. The molecule has 0 atom stereocenters. The lowest BCUT2D eigenvalue weighted by Crippen LogP contribution is -2.29. The van der Waals surface area contributed by atoms with Crippen LogP contribution in [0.25, 0.3) is 0 Å². The van der Waals surface area contributed by atoms with E-state index >= 15 is 0 Å². The number of halogens is 2. The van der Waals surface area contributed by atoms with E-state index in [-0.39, 0.29) is 11.3 Å². The molecule has 0 bridgehead atoms. The van der Waals surface area contributed by atoms with Crippen molar-refractivity contribution in [2.45, 2.75) is 0 Å². The topological polar surface area (TPSA) is 72.5 Å². The molecule has 0 saturated heterocycles. The van der Waals surface area contributed by atoms with Crippen LogP contribution in [0.15, 0.2) is 42.5 Å². The van der Waals surface area contributed by atoms with Crippen molar-refractivity contribution in [3.05, 3.63) is 58.9 Å². The Bertz CT molecular complexity index is 823. The number of nitrogens with one attached hydrogen (secondary N) is 1. The van der Waals surface area contributed by atoms with Gasteiger partial charge in [-0.3, -0.25) is 4.79 Å². The first-order valence-electron chi connectivity index (χ1n) is 6.00. The highest BCUT2D eigenvalue weighted by atomic mass is 35.5. The van der Waals surface area contributed by atoms with Gasteiger partial charge in [-0.05, 0) is 36.4 Å². The lowest BCUT2D eigenvalue weighted by molar-refractivity contribution is 0.0981. The molecule has 0 aliphatic rings. The molecule has 0 fully saturated rings. The monoisotopic (exact) mass is 343 g/mol. The molecule has 0 aromatic heterocycles. The zero-order valence-electron chi connectivity index (χ0n) is 11.3. The van der Waals surface area contributed by atoms with Crippen LogP contribution >= 0.6 is 11.6 Å². The van der Waals surface area contributed by atoms with Gasteiger partial charge in [0.05, 0.1) is 6.26 Å². The summed E-state index contributed by atoms with van der Waals surface area (Å²) in [7, 11) is -3.72. The van der Waals surface area contributed by atoms with E-state index in [0.717, 1.165) is 12.3 Å². The molecule has 0 unspecified atom stereocenters. The summed E-state index contributed by atoms with van der Waals surface area (Å²) >= 11 is 5.80. The van der Waals surface area contributed by atoms with E-state index in [4.69, 9.17) is 16.3 Å². The van der Waals surface area contributed by atoms with Gasteiger partial charge in [-0.15, -0.1) is 0 Å². The Morgan fingerprint density at radius 3 is 2.55 bits per heavy atom. The summed E-state index contributed by atoms with van der Waals surface area (Å²) in [4.78, 5) is 11.6. The molecule has 0 radical (unpaired) electrons. The van der Waals surface area contributed by atoms with E-state index in [1.165, 1.54) is 18.2 Å². The van der Waals surface area contributed by atoms with Gasteiger partial charge in [0, 0.05) is 10.6 Å². The van der Waals surface area contributed by atoms with Crippen molar-refractivity contribution in [3.63, 3.8) is 0 Å². The van der Waals surface area contributed by atoms with Crippen molar-refractivity contribution in [3.8, 4) is 11.5 Å². The third kappa shape index (κ3) is 4.44. The maximum absolute atomic E-state index is 13.9. The fourth-order valence-corrected chi connectivity index (χ4v) is 2.24. The Kier molecular flexibility index (Phi) is 4.68. The molecule has 2 aromatic rings. The summed E-state index contributed by atoms with van der Waals surface area (Å²) in [6.07, 6.45) is 0.831. The average Bonchev–Trinajstić information content (AvgIpc) is 2.39. The largest absolute Gasteiger partial charge is 0.454 e. The summed E-state index contributed by atoms with van der Waals surface area (Å²) in [5.74, 6) is -1.50. The van der Waals surface area contributed by atoms with Gasteiger partial charge >= 0.3 is 0 Å². The molecule has 1 N–H and O–H groups in total. The third-order valence-corrected chi connectivity index (χ3v) is 3.29. The SMILES string of the molecule is CS(=O)(=O)NC(=O)c1ccc(Oc2cccc(Cl)c2)c(F)c1. The Morgan fingerprint density at radius 1 is 1.23 bits per heavy atom. The molecule has 2 aromatic carbocycles. The molecule has 0 aliphatic carbocycles. The van der Waals surface area contributed by atoms with E-state index in [0.29, 0.717) is 10.8 Å². The van der Waals surface area contributed by atoms with Crippen LogP contribution < -0.4 is 9.46 Å². The minimum absolute atomic E-state index is 0.113. The van der Waals surface area contributed by atoms with Crippen LogP contribution in [0.2, 0.25) is 5.02 Å². The first-order valence-corrected chi connectivity index (χ1v) is 8.26. The van der Waals surface area contributed by atoms with Gasteiger partial charge in [-0.1, -0.05) is 17.7 Å². The minimum atomic E-state index is -3.72. The highest BCUT2D eigenvalue weighted by Gasteiger charge is 2.14. The van der Waals surface area contributed by atoms with Crippen molar-refractivity contribution < 1.29 is 22.3 Å². The summed E-state index contributed by atoms with van der Waals surface area (Å²) < 4.78 is 43.0. The maximum atomic E-state index is 13.9. The maximum Gasteiger partial charge on any atom is 0.264 e. The molecule has 1 amide bonds. The average molecular weight is 344 g/mol. The van der Waals surface area contributed by atoms with Crippen molar-refractivity contribution in [2.24, 2.45) is 0 Å². The summed E-state index contributed by atoms with van der Waals surface area (Å²) in [6.45, 7) is 0. The zero-order chi connectivity index (χ0) is 16.3. The molecule has 116 valence electrons. The number of carbonyl (C=O) groups is 1. The first-order chi connectivity index (χ1) is 10.2. The fraction of sp³-hybridized carbons (Fsp3) is 0.0714. The van der Waals surface area contributed by atoms with Gasteiger partial charge in [0.1, 0.15) is 5.75 Å². The molecule has 8 heteroatoms. The highest BCUT2D eigenvalue weighted by molar-refractivity contribution is 7.89. The lowest BCUT2D eigenvalue weighted by atomic mass is 10.2. The number of benzene rings is 2. The van der Waals surface area contributed by atoms with Gasteiger partial charge in [0.25, 0.3) is 5.91 Å². The highest BCUT2D eigenvalue weighted by Crippen LogP contribution is 2.27. The van der Waals surface area contributed by atoms with Gasteiger partial charge in [0.15, 0.2) is 11.6 Å². The van der Waals surface area contributed by atoms with Gasteiger partial charge in [0.2, 0.25) is 10.0 Å². The molecular formula is C14H11ClFNO4S. The molecule has 0 aliphatic heterocycles. The van der Waals surface area contributed by atoms with Crippen LogP contribution in [-0.2, 0) is 10.0 Å². The molecule has 5 nitrogen and oxygen atoms in total. The Balaban J connectivity index is 2.21. The predicted octanol–water partition coefficient (Wildman–Crippen LogP) is 2.96. The van der Waals surface area contributed by atoms with E-state index in [1.807, 2.05) is 0 Å². The number of sulfonamides is 1. The first kappa shape index (κ1) is 16.3. The standard InChI is InChI=1S/C14H11ClFNO4S/c1-22(19,20)17-14(18)9-5-6-13(12(16)7-9)21-11-4-2-3-10(15)8-11/h2-8H,1H3,(H,17,18). The van der Waals surface area contributed by atoms with Crippen LogP contribution in [0.3, 0.4) is 0 Å². The van der Waals surface area contributed by atoms with Gasteiger partial charge in [-0.25, -0.2) is 17.5 Å². The van der Waals surface area contributed by atoms with E-state index in [2.05, 4.69) is 0 Å². The number of hydrogen-bond acceptors (Lipinski definition) is 4. The van der Waals surface area contributed by atoms with Gasteiger partial charge in [-0.2, -0.15) is 0 Å². The second-order valence-corrected chi connectivity index (χ2v) is 6.59. The minimum Gasteiger partial charge on any atom is -0.454 e. The molecule has 0 saturated carbocycles. The Hall–Kier alpha value is -2.12. The second-order valence-electron chi connectivity index (χ2n) is 4.41. The van der Waals surface area contributed by atoms with Crippen molar-refractivity contribution >= 4 is 27.5 Å². The van der Waals surface area contributed by atoms with Crippen LogP contribution in [0.1, 0.15) is 10.4 Å². The van der Waals surface area contributed by atoms with Crippen LogP contribution in [0, 0.1) is 5.82 Å². The molecule has 0 spiro atoms. The van der Waals surface area contributed by atoms with Crippen LogP contribution in [0.5, 0.6) is 11.5 Å². The number of rotatable bonds is 4. The summed E-state index contributed by atoms with van der Waals surface area (Å²) in [5, 5.41) is 0.432. The third-order valence-electron chi connectivity index (χ3n) is 2.50. The smallest absolute Gasteiger partial charge is 0.264 e. The zero-order valence-corrected chi connectivity index (χ0v) is 12.9. The Morgan fingerprint density at radius 2 is 1.95 bits per heavy atom. The van der Waals surface area contributed by atoms with E-state index < -0.39 is 21.7 Å². The van der Waals surface area contributed by atoms with Crippen molar-refractivity contribution in [2.75, 3.05) is 6.26 Å². The van der Waals surface area contributed by atoms with Crippen LogP contribution in [-0.4, -0.2) is 20.6 Å². The van der Waals surface area contributed by atoms with Crippen molar-refractivity contribution in [1.29, 1.82) is 0 Å². The molecule has 2 rings (SSSR count). The second kappa shape index (κ2) is 6.33. The normalized spacial score (nSPS) is 11.0. The fourth-order valence-electron chi connectivity index (χ4n) is 1.61. The van der Waals surface area contributed by atoms with E-state index in [1.54, 1.807) is 22.9 Å². The number of amides is 1. The van der Waals surface area contributed by atoms with Crippen molar-refractivity contribution in [1.82, 2.24) is 4.72 Å². The quantitative estimate of drug-likeness (QED) is 0.926. The van der Waals surface area contributed by atoms with Gasteiger partial charge < -0.3 is 4.74 Å². The predicted molar refractivity (Wildman–Crippen MR) is 80.2 cm³/mol. The lowest BCUT2D eigenvalue weighted by Gasteiger charge is -2.08. The van der Waals surface area contributed by atoms with E-state index in [9.17, 15) is 17.6 Å².